The molecule has 1 fully saturated rings. The van der Waals surface area contributed by atoms with Crippen LogP contribution >= 0.6 is 0 Å². The second-order valence-electron chi connectivity index (χ2n) is 14.5. The van der Waals surface area contributed by atoms with Crippen molar-refractivity contribution < 1.29 is 0 Å². The maximum absolute atomic E-state index is 5.31. The van der Waals surface area contributed by atoms with E-state index >= 15 is 0 Å². The Hall–Kier alpha value is -6.52. The Bertz CT molecular complexity index is 2630. The molecule has 2 heterocycles. The van der Waals surface area contributed by atoms with Crippen LogP contribution in [0.4, 0.5) is 0 Å². The average Bonchev–Trinajstić information content (AvgIpc) is 3.52. The molecule has 1 spiro atoms. The maximum atomic E-state index is 5.31. The Morgan fingerprint density at radius 1 is 0.370 bits per heavy atom. The fraction of sp³-hybridized carbons (Fsp3) is 0.120. The van der Waals surface area contributed by atoms with Gasteiger partial charge in [-0.05, 0) is 80.6 Å². The van der Waals surface area contributed by atoms with Crippen molar-refractivity contribution in [3.8, 4) is 78.7 Å². The van der Waals surface area contributed by atoms with Crippen LogP contribution in [-0.4, -0.2) is 19.9 Å². The van der Waals surface area contributed by atoms with Crippen LogP contribution in [0, 0.1) is 0 Å². The van der Waals surface area contributed by atoms with E-state index in [-0.39, 0.29) is 5.41 Å². The quantitative estimate of drug-likeness (QED) is 0.174. The zero-order valence-corrected chi connectivity index (χ0v) is 30.0. The number of aromatic nitrogens is 4. The lowest BCUT2D eigenvalue weighted by molar-refractivity contribution is 0.353. The van der Waals surface area contributed by atoms with Gasteiger partial charge in [-0.25, -0.2) is 15.0 Å². The number of benzene rings is 6. The lowest BCUT2D eigenvalue weighted by Gasteiger charge is -2.36. The van der Waals surface area contributed by atoms with Crippen LogP contribution < -0.4 is 0 Å². The fourth-order valence-electron chi connectivity index (χ4n) is 8.97. The highest BCUT2D eigenvalue weighted by atomic mass is 15.0. The molecule has 0 aliphatic heterocycles. The Morgan fingerprint density at radius 2 is 0.963 bits per heavy atom. The molecule has 0 N–H and O–H groups in total. The van der Waals surface area contributed by atoms with Gasteiger partial charge in [0.25, 0.3) is 0 Å². The van der Waals surface area contributed by atoms with E-state index in [0.29, 0.717) is 17.5 Å². The molecule has 258 valence electrons. The van der Waals surface area contributed by atoms with E-state index in [9.17, 15) is 0 Å². The van der Waals surface area contributed by atoms with E-state index < -0.39 is 0 Å². The van der Waals surface area contributed by atoms with Crippen molar-refractivity contribution in [2.24, 2.45) is 0 Å². The predicted molar refractivity (Wildman–Crippen MR) is 220 cm³/mol. The summed E-state index contributed by atoms with van der Waals surface area (Å²) in [5.41, 5.74) is 15.4. The molecule has 8 aromatic rings. The van der Waals surface area contributed by atoms with Gasteiger partial charge in [0.15, 0.2) is 17.5 Å². The SMILES string of the molecule is c1ccc(-c2nc(-c3ccccc3-c3ccccc3)nc(-c3ccccc3-c3cccc4c3-c3ccc(-c5cccnc5)cc3C43CCCCC3)n2)cc1. The number of hydrogen-bond acceptors (Lipinski definition) is 4. The van der Waals surface area contributed by atoms with Gasteiger partial charge >= 0.3 is 0 Å². The second kappa shape index (κ2) is 13.5. The molecule has 0 atom stereocenters. The first-order valence-corrected chi connectivity index (χ1v) is 19.0. The molecule has 10 rings (SSSR count). The third kappa shape index (κ3) is 5.45. The minimum Gasteiger partial charge on any atom is -0.264 e. The first kappa shape index (κ1) is 32.2. The van der Waals surface area contributed by atoms with Gasteiger partial charge in [0.1, 0.15) is 0 Å². The highest BCUT2D eigenvalue weighted by Gasteiger charge is 2.45. The van der Waals surface area contributed by atoms with Crippen LogP contribution in [0.2, 0.25) is 0 Å². The molecule has 2 aliphatic carbocycles. The van der Waals surface area contributed by atoms with Crippen LogP contribution in [0.5, 0.6) is 0 Å². The van der Waals surface area contributed by atoms with E-state index in [2.05, 4.69) is 132 Å². The van der Waals surface area contributed by atoms with Gasteiger partial charge in [-0.2, -0.15) is 0 Å². The number of fused-ring (bicyclic) bond motifs is 5. The molecule has 4 nitrogen and oxygen atoms in total. The number of hydrogen-bond donors (Lipinski definition) is 0. The average molecular weight is 695 g/mol. The van der Waals surface area contributed by atoms with Gasteiger partial charge < -0.3 is 0 Å². The molecule has 54 heavy (non-hydrogen) atoms. The van der Waals surface area contributed by atoms with Gasteiger partial charge in [0, 0.05) is 34.5 Å². The van der Waals surface area contributed by atoms with Crippen LogP contribution in [-0.2, 0) is 5.41 Å². The molecule has 0 bridgehead atoms. The molecule has 0 radical (unpaired) electrons. The van der Waals surface area contributed by atoms with Crippen LogP contribution in [0.1, 0.15) is 43.2 Å². The van der Waals surface area contributed by atoms with Gasteiger partial charge in [-0.1, -0.05) is 165 Å². The summed E-state index contributed by atoms with van der Waals surface area (Å²) >= 11 is 0. The summed E-state index contributed by atoms with van der Waals surface area (Å²) in [5.74, 6) is 1.97. The summed E-state index contributed by atoms with van der Waals surface area (Å²) in [7, 11) is 0. The van der Waals surface area contributed by atoms with Gasteiger partial charge in [-0.3, -0.25) is 4.98 Å². The summed E-state index contributed by atoms with van der Waals surface area (Å²) in [6, 6.07) is 56.0. The van der Waals surface area contributed by atoms with Crippen molar-refractivity contribution in [2.75, 3.05) is 0 Å². The smallest absolute Gasteiger partial charge is 0.164 e. The van der Waals surface area contributed by atoms with Crippen LogP contribution in [0.25, 0.3) is 78.7 Å². The lowest BCUT2D eigenvalue weighted by Crippen LogP contribution is -2.28. The van der Waals surface area contributed by atoms with E-state index in [4.69, 9.17) is 15.0 Å². The van der Waals surface area contributed by atoms with E-state index in [1.807, 2.05) is 42.7 Å². The van der Waals surface area contributed by atoms with E-state index in [1.165, 1.54) is 52.6 Å². The molecular formula is C50H38N4. The van der Waals surface area contributed by atoms with Crippen LogP contribution in [0.15, 0.2) is 170 Å². The molecule has 2 aliphatic rings. The van der Waals surface area contributed by atoms with Gasteiger partial charge in [0.2, 0.25) is 0 Å². The third-order valence-corrected chi connectivity index (χ3v) is 11.5. The topological polar surface area (TPSA) is 51.6 Å². The Kier molecular flexibility index (Phi) is 8.02. The predicted octanol–water partition coefficient (Wildman–Crippen LogP) is 12.5. The summed E-state index contributed by atoms with van der Waals surface area (Å²) in [6.07, 6.45) is 9.90. The number of pyridine rings is 1. The van der Waals surface area contributed by atoms with E-state index in [0.717, 1.165) is 51.8 Å². The summed E-state index contributed by atoms with van der Waals surface area (Å²) in [4.78, 5) is 20.1. The molecule has 4 heteroatoms. The van der Waals surface area contributed by atoms with Gasteiger partial charge in [0.05, 0.1) is 0 Å². The highest BCUT2D eigenvalue weighted by Crippen LogP contribution is 2.59. The first-order valence-electron chi connectivity index (χ1n) is 19.0. The molecule has 0 amide bonds. The third-order valence-electron chi connectivity index (χ3n) is 11.5. The Balaban J connectivity index is 1.18. The molecule has 0 unspecified atom stereocenters. The first-order chi connectivity index (χ1) is 26.8. The van der Waals surface area contributed by atoms with E-state index in [1.54, 1.807) is 0 Å². The Labute approximate surface area is 316 Å². The van der Waals surface area contributed by atoms with Crippen molar-refractivity contribution in [2.45, 2.75) is 37.5 Å². The standard InChI is InChI=1S/C50H38N4/c1-4-16-34(17-5-1)38-21-8-10-23-41(38)48-52-47(35-18-6-2-7-19-35)53-49(54-48)42-24-11-9-22-39(42)40-25-14-26-44-46(40)43-28-27-36(37-20-15-31-51-33-37)32-45(43)50(44)29-12-3-13-30-50/h1-2,4-11,14-28,31-33H,3,12-13,29-30H2. The monoisotopic (exact) mass is 694 g/mol. The van der Waals surface area contributed by atoms with Crippen molar-refractivity contribution in [1.29, 1.82) is 0 Å². The normalized spacial score (nSPS) is 14.1. The van der Waals surface area contributed by atoms with Crippen molar-refractivity contribution in [3.05, 3.63) is 181 Å². The maximum Gasteiger partial charge on any atom is 0.164 e. The molecule has 0 saturated heterocycles. The minimum absolute atomic E-state index is 0.00590. The zero-order chi connectivity index (χ0) is 35.9. The number of rotatable bonds is 6. The molecule has 6 aromatic carbocycles. The van der Waals surface area contributed by atoms with Crippen molar-refractivity contribution >= 4 is 0 Å². The summed E-state index contributed by atoms with van der Waals surface area (Å²) in [6.45, 7) is 0. The molecular weight excluding hydrogens is 657 g/mol. The largest absolute Gasteiger partial charge is 0.264 e. The summed E-state index contributed by atoms with van der Waals surface area (Å²) in [5, 5.41) is 0. The molecule has 1 saturated carbocycles. The van der Waals surface area contributed by atoms with Crippen molar-refractivity contribution in [3.63, 3.8) is 0 Å². The minimum atomic E-state index is -0.00590. The van der Waals surface area contributed by atoms with Crippen molar-refractivity contribution in [1.82, 2.24) is 19.9 Å². The number of nitrogens with zero attached hydrogens (tertiary/aromatic N) is 4. The zero-order valence-electron chi connectivity index (χ0n) is 30.0. The highest BCUT2D eigenvalue weighted by molar-refractivity contribution is 5.97. The second-order valence-corrected chi connectivity index (χ2v) is 14.5. The Morgan fingerprint density at radius 3 is 1.67 bits per heavy atom. The fourth-order valence-corrected chi connectivity index (χ4v) is 8.97. The lowest BCUT2D eigenvalue weighted by atomic mass is 9.67. The summed E-state index contributed by atoms with van der Waals surface area (Å²) < 4.78 is 0. The van der Waals surface area contributed by atoms with Crippen LogP contribution in [0.3, 0.4) is 0 Å². The van der Waals surface area contributed by atoms with Gasteiger partial charge in [-0.15, -0.1) is 0 Å². The molecule has 2 aromatic heterocycles.